The summed E-state index contributed by atoms with van der Waals surface area (Å²) in [6.45, 7) is 5.82. The summed E-state index contributed by atoms with van der Waals surface area (Å²) >= 11 is 1.99. The summed E-state index contributed by atoms with van der Waals surface area (Å²) in [5, 5.41) is 3.59. The second kappa shape index (κ2) is 5.83. The van der Waals surface area contributed by atoms with Crippen LogP contribution in [0.25, 0.3) is 0 Å². The van der Waals surface area contributed by atoms with Gasteiger partial charge < -0.3 is 5.32 Å². The highest BCUT2D eigenvalue weighted by atomic mass is 32.1. The zero-order valence-electron chi connectivity index (χ0n) is 10.5. The van der Waals surface area contributed by atoms with Crippen molar-refractivity contribution >= 4 is 11.3 Å². The summed E-state index contributed by atoms with van der Waals surface area (Å²) in [6.07, 6.45) is 6.56. The van der Waals surface area contributed by atoms with Gasteiger partial charge in [0.15, 0.2) is 0 Å². The van der Waals surface area contributed by atoms with E-state index in [0.29, 0.717) is 0 Å². The van der Waals surface area contributed by atoms with Crippen LogP contribution in [0.4, 0.5) is 0 Å². The molecule has 0 spiro atoms. The van der Waals surface area contributed by atoms with E-state index in [2.05, 4.69) is 31.3 Å². The van der Waals surface area contributed by atoms with Crippen LogP contribution in [0.5, 0.6) is 0 Å². The Labute approximate surface area is 103 Å². The number of nitrogens with one attached hydrogen (secondary N) is 1. The molecule has 1 fully saturated rings. The molecule has 0 aliphatic heterocycles. The lowest BCUT2D eigenvalue weighted by molar-refractivity contribution is 0.500. The third kappa shape index (κ3) is 3.91. The molecule has 16 heavy (non-hydrogen) atoms. The Balaban J connectivity index is 1.66. The predicted molar refractivity (Wildman–Crippen MR) is 72.2 cm³/mol. The van der Waals surface area contributed by atoms with Gasteiger partial charge in [-0.15, -0.1) is 11.3 Å². The molecule has 1 nitrogen and oxygen atoms in total. The Kier molecular flexibility index (Phi) is 4.42. The fourth-order valence-corrected chi connectivity index (χ4v) is 3.11. The third-order valence-corrected chi connectivity index (χ3v) is 4.51. The SMILES string of the molecule is CCc1ccc(CC(C)CCNC2CC2)s1. The quantitative estimate of drug-likeness (QED) is 0.763. The lowest BCUT2D eigenvalue weighted by Crippen LogP contribution is -2.19. The molecule has 1 atom stereocenters. The summed E-state index contributed by atoms with van der Waals surface area (Å²) in [7, 11) is 0. The molecule has 1 aromatic heterocycles. The first-order valence-electron chi connectivity index (χ1n) is 6.59. The van der Waals surface area contributed by atoms with Crippen LogP contribution in [0.15, 0.2) is 12.1 Å². The molecule has 1 saturated carbocycles. The molecule has 1 aliphatic carbocycles. The minimum absolute atomic E-state index is 0.814. The third-order valence-electron chi connectivity index (χ3n) is 3.26. The summed E-state index contributed by atoms with van der Waals surface area (Å²) in [5.41, 5.74) is 0. The van der Waals surface area contributed by atoms with Crippen LogP contribution in [0, 0.1) is 5.92 Å². The van der Waals surface area contributed by atoms with Crippen LogP contribution >= 0.6 is 11.3 Å². The molecule has 2 rings (SSSR count). The van der Waals surface area contributed by atoms with Crippen LogP contribution in [-0.2, 0) is 12.8 Å². The second-order valence-corrected chi connectivity index (χ2v) is 6.30. The van der Waals surface area contributed by atoms with Crippen molar-refractivity contribution in [3.05, 3.63) is 21.9 Å². The van der Waals surface area contributed by atoms with Crippen molar-refractivity contribution in [3.8, 4) is 0 Å². The molecule has 1 aromatic rings. The normalized spacial score (nSPS) is 17.6. The molecule has 0 aromatic carbocycles. The molecule has 0 saturated heterocycles. The maximum atomic E-state index is 3.59. The first-order chi connectivity index (χ1) is 7.78. The highest BCUT2D eigenvalue weighted by molar-refractivity contribution is 7.11. The topological polar surface area (TPSA) is 12.0 Å². The molecule has 2 heteroatoms. The lowest BCUT2D eigenvalue weighted by Gasteiger charge is -2.10. The molecule has 1 aliphatic rings. The fourth-order valence-electron chi connectivity index (χ4n) is 1.99. The van der Waals surface area contributed by atoms with Crippen LogP contribution in [-0.4, -0.2) is 12.6 Å². The molecular formula is C14H23NS. The molecule has 0 amide bonds. The van der Waals surface area contributed by atoms with Crippen molar-refractivity contribution in [1.82, 2.24) is 5.32 Å². The van der Waals surface area contributed by atoms with Gasteiger partial charge in [-0.25, -0.2) is 0 Å². The van der Waals surface area contributed by atoms with E-state index in [-0.39, 0.29) is 0 Å². The van der Waals surface area contributed by atoms with E-state index >= 15 is 0 Å². The predicted octanol–water partition coefficient (Wildman–Crippen LogP) is 3.63. The van der Waals surface area contributed by atoms with Crippen molar-refractivity contribution in [3.63, 3.8) is 0 Å². The molecule has 1 unspecified atom stereocenters. The average Bonchev–Trinajstić information content (AvgIpc) is 2.97. The number of rotatable bonds is 7. The Morgan fingerprint density at radius 1 is 1.38 bits per heavy atom. The maximum absolute atomic E-state index is 3.59. The van der Waals surface area contributed by atoms with Gasteiger partial charge in [0.1, 0.15) is 0 Å². The Hall–Kier alpha value is -0.340. The Bertz CT molecular complexity index is 314. The highest BCUT2D eigenvalue weighted by Gasteiger charge is 2.19. The minimum Gasteiger partial charge on any atom is -0.314 e. The first-order valence-corrected chi connectivity index (χ1v) is 7.40. The van der Waals surface area contributed by atoms with E-state index in [4.69, 9.17) is 0 Å². The number of aryl methyl sites for hydroxylation is 1. The van der Waals surface area contributed by atoms with E-state index < -0.39 is 0 Å². The van der Waals surface area contributed by atoms with Crippen molar-refractivity contribution in [1.29, 1.82) is 0 Å². The molecule has 1 heterocycles. The zero-order chi connectivity index (χ0) is 11.4. The summed E-state index contributed by atoms with van der Waals surface area (Å²) in [6, 6.07) is 5.46. The second-order valence-electron chi connectivity index (χ2n) is 5.05. The van der Waals surface area contributed by atoms with Gasteiger partial charge in [0.25, 0.3) is 0 Å². The summed E-state index contributed by atoms with van der Waals surface area (Å²) in [5.74, 6) is 0.814. The largest absolute Gasteiger partial charge is 0.314 e. The smallest absolute Gasteiger partial charge is 0.00682 e. The molecule has 1 N–H and O–H groups in total. The van der Waals surface area contributed by atoms with Crippen molar-refractivity contribution < 1.29 is 0 Å². The van der Waals surface area contributed by atoms with Gasteiger partial charge >= 0.3 is 0 Å². The lowest BCUT2D eigenvalue weighted by atomic mass is 10.0. The highest BCUT2D eigenvalue weighted by Crippen LogP contribution is 2.22. The Morgan fingerprint density at radius 2 is 2.12 bits per heavy atom. The van der Waals surface area contributed by atoms with Gasteiger partial charge in [-0.2, -0.15) is 0 Å². The van der Waals surface area contributed by atoms with Gasteiger partial charge in [-0.1, -0.05) is 13.8 Å². The number of hydrogen-bond donors (Lipinski definition) is 1. The average molecular weight is 237 g/mol. The fraction of sp³-hybridized carbons (Fsp3) is 0.714. The van der Waals surface area contributed by atoms with Crippen molar-refractivity contribution in [2.45, 2.75) is 52.0 Å². The van der Waals surface area contributed by atoms with Gasteiger partial charge in [-0.3, -0.25) is 0 Å². The van der Waals surface area contributed by atoms with Crippen molar-refractivity contribution in [2.24, 2.45) is 5.92 Å². The standard InChI is InChI=1S/C14H23NS/c1-3-13-6-7-14(16-13)10-11(2)8-9-15-12-4-5-12/h6-7,11-12,15H,3-5,8-10H2,1-2H3. The molecular weight excluding hydrogens is 214 g/mol. The van der Waals surface area contributed by atoms with Crippen LogP contribution in [0.2, 0.25) is 0 Å². The van der Waals surface area contributed by atoms with Gasteiger partial charge in [0.05, 0.1) is 0 Å². The van der Waals surface area contributed by atoms with E-state index in [1.54, 1.807) is 4.88 Å². The van der Waals surface area contributed by atoms with Crippen LogP contribution in [0.3, 0.4) is 0 Å². The van der Waals surface area contributed by atoms with Gasteiger partial charge in [-0.05, 0) is 56.7 Å². The van der Waals surface area contributed by atoms with Crippen LogP contribution < -0.4 is 5.32 Å². The summed E-state index contributed by atoms with van der Waals surface area (Å²) in [4.78, 5) is 3.09. The van der Waals surface area contributed by atoms with Crippen molar-refractivity contribution in [2.75, 3.05) is 6.54 Å². The van der Waals surface area contributed by atoms with Gasteiger partial charge in [0.2, 0.25) is 0 Å². The molecule has 0 bridgehead atoms. The van der Waals surface area contributed by atoms with E-state index in [1.807, 2.05) is 11.3 Å². The number of thiophene rings is 1. The van der Waals surface area contributed by atoms with E-state index in [9.17, 15) is 0 Å². The molecule has 0 radical (unpaired) electrons. The van der Waals surface area contributed by atoms with Crippen LogP contribution in [0.1, 0.15) is 42.9 Å². The monoisotopic (exact) mass is 237 g/mol. The van der Waals surface area contributed by atoms with Gasteiger partial charge in [0, 0.05) is 15.8 Å². The van der Waals surface area contributed by atoms with E-state index in [1.165, 1.54) is 43.5 Å². The minimum atomic E-state index is 0.814. The number of hydrogen-bond acceptors (Lipinski definition) is 2. The Morgan fingerprint density at radius 3 is 2.75 bits per heavy atom. The molecule has 90 valence electrons. The first kappa shape index (κ1) is 12.1. The summed E-state index contributed by atoms with van der Waals surface area (Å²) < 4.78 is 0. The zero-order valence-corrected chi connectivity index (χ0v) is 11.3. The van der Waals surface area contributed by atoms with E-state index in [0.717, 1.165) is 12.0 Å². The maximum Gasteiger partial charge on any atom is 0.00682 e.